The van der Waals surface area contributed by atoms with Gasteiger partial charge < -0.3 is 4.90 Å². The Morgan fingerprint density at radius 3 is 2.53 bits per heavy atom. The van der Waals surface area contributed by atoms with Gasteiger partial charge in [-0.05, 0) is 48.9 Å². The monoisotopic (exact) mass is 329 g/mol. The van der Waals surface area contributed by atoms with Crippen LogP contribution in [0, 0.1) is 5.82 Å². The minimum atomic E-state index is -0.224. The van der Waals surface area contributed by atoms with Crippen LogP contribution in [0.25, 0.3) is 0 Å². The summed E-state index contributed by atoms with van der Waals surface area (Å²) in [7, 11) is 4.09. The van der Waals surface area contributed by atoms with Crippen molar-refractivity contribution in [2.45, 2.75) is 37.3 Å². The minimum Gasteiger partial charge on any atom is -0.302 e. The lowest BCUT2D eigenvalue weighted by molar-refractivity contribution is 0.103. The van der Waals surface area contributed by atoms with E-state index < -0.39 is 0 Å². The van der Waals surface area contributed by atoms with Gasteiger partial charge in [0.25, 0.3) is 0 Å². The number of hydrogen-bond acceptors (Lipinski definition) is 3. The standard InChI is InChI=1S/C14H21BrFN3/c1-19(2)14(8-3-4-9-14)13(18-17)10-6-5-7-11(15)12(10)16/h5-7,13,18H,3-4,8-9,17H2,1-2H3. The molecule has 3 N–H and O–H groups in total. The summed E-state index contributed by atoms with van der Waals surface area (Å²) in [4.78, 5) is 2.19. The molecule has 1 aromatic rings. The largest absolute Gasteiger partial charge is 0.302 e. The van der Waals surface area contributed by atoms with Crippen LogP contribution in [-0.2, 0) is 0 Å². The van der Waals surface area contributed by atoms with Crippen molar-refractivity contribution in [3.63, 3.8) is 0 Å². The van der Waals surface area contributed by atoms with Crippen LogP contribution in [0.4, 0.5) is 4.39 Å². The summed E-state index contributed by atoms with van der Waals surface area (Å²) < 4.78 is 14.8. The number of benzene rings is 1. The van der Waals surface area contributed by atoms with Crippen LogP contribution in [0.15, 0.2) is 22.7 Å². The predicted octanol–water partition coefficient (Wildman–Crippen LogP) is 2.97. The molecule has 0 heterocycles. The summed E-state index contributed by atoms with van der Waals surface area (Å²) in [6.07, 6.45) is 4.37. The Morgan fingerprint density at radius 2 is 2.00 bits per heavy atom. The third-order valence-corrected chi connectivity index (χ3v) is 4.97. The second-order valence-corrected chi connectivity index (χ2v) is 6.30. The van der Waals surface area contributed by atoms with E-state index >= 15 is 0 Å². The zero-order chi connectivity index (χ0) is 14.0. The molecule has 0 spiro atoms. The third-order valence-electron chi connectivity index (χ3n) is 4.36. The van der Waals surface area contributed by atoms with E-state index in [9.17, 15) is 4.39 Å². The molecule has 0 aromatic heterocycles. The van der Waals surface area contributed by atoms with Gasteiger partial charge in [0.1, 0.15) is 5.82 Å². The molecule has 106 valence electrons. The maximum atomic E-state index is 14.4. The molecule has 19 heavy (non-hydrogen) atoms. The molecule has 1 aromatic carbocycles. The first-order valence-corrected chi connectivity index (χ1v) is 7.39. The van der Waals surface area contributed by atoms with Crippen molar-refractivity contribution in [1.29, 1.82) is 0 Å². The number of nitrogens with zero attached hydrogens (tertiary/aromatic N) is 1. The number of hydrogen-bond donors (Lipinski definition) is 2. The SMILES string of the molecule is CN(C)C1(C(NN)c2cccc(Br)c2F)CCCC1. The molecule has 3 nitrogen and oxygen atoms in total. The van der Waals surface area contributed by atoms with Crippen LogP contribution in [0.1, 0.15) is 37.3 Å². The summed E-state index contributed by atoms with van der Waals surface area (Å²) >= 11 is 3.25. The molecule has 1 aliphatic carbocycles. The van der Waals surface area contributed by atoms with E-state index in [1.165, 1.54) is 0 Å². The van der Waals surface area contributed by atoms with Gasteiger partial charge in [0, 0.05) is 11.1 Å². The molecular formula is C14H21BrFN3. The lowest BCUT2D eigenvalue weighted by atomic mass is 9.82. The molecule has 0 saturated heterocycles. The maximum Gasteiger partial charge on any atom is 0.142 e. The second-order valence-electron chi connectivity index (χ2n) is 5.45. The van der Waals surface area contributed by atoms with Crippen molar-refractivity contribution >= 4 is 15.9 Å². The summed E-state index contributed by atoms with van der Waals surface area (Å²) in [5.74, 6) is 5.54. The van der Waals surface area contributed by atoms with Crippen LogP contribution in [0.2, 0.25) is 0 Å². The van der Waals surface area contributed by atoms with Gasteiger partial charge in [-0.15, -0.1) is 0 Å². The van der Waals surface area contributed by atoms with Gasteiger partial charge in [0.2, 0.25) is 0 Å². The first-order chi connectivity index (χ1) is 9.03. The van der Waals surface area contributed by atoms with E-state index in [-0.39, 0.29) is 17.4 Å². The first-order valence-electron chi connectivity index (χ1n) is 6.60. The zero-order valence-corrected chi connectivity index (χ0v) is 13.0. The van der Waals surface area contributed by atoms with Crippen LogP contribution in [-0.4, -0.2) is 24.5 Å². The van der Waals surface area contributed by atoms with Crippen molar-refractivity contribution in [2.75, 3.05) is 14.1 Å². The fourth-order valence-corrected chi connectivity index (χ4v) is 3.64. The molecule has 0 amide bonds. The first kappa shape index (κ1) is 14.9. The molecule has 0 radical (unpaired) electrons. The Labute approximate surface area is 122 Å². The van der Waals surface area contributed by atoms with Crippen LogP contribution in [0.5, 0.6) is 0 Å². The van der Waals surface area contributed by atoms with Gasteiger partial charge >= 0.3 is 0 Å². The molecule has 1 saturated carbocycles. The molecule has 0 bridgehead atoms. The molecule has 1 fully saturated rings. The van der Waals surface area contributed by atoms with Crippen molar-refractivity contribution in [3.05, 3.63) is 34.1 Å². The molecule has 1 aliphatic rings. The molecule has 0 aliphatic heterocycles. The quantitative estimate of drug-likeness (QED) is 0.659. The fraction of sp³-hybridized carbons (Fsp3) is 0.571. The Morgan fingerprint density at radius 1 is 1.37 bits per heavy atom. The average molecular weight is 330 g/mol. The Balaban J connectivity index is 2.46. The minimum absolute atomic E-state index is 0.115. The van der Waals surface area contributed by atoms with Crippen molar-refractivity contribution < 1.29 is 4.39 Å². The highest BCUT2D eigenvalue weighted by Gasteiger charge is 2.44. The summed E-state index contributed by atoms with van der Waals surface area (Å²) in [6, 6.07) is 5.17. The summed E-state index contributed by atoms with van der Waals surface area (Å²) in [6.45, 7) is 0. The zero-order valence-electron chi connectivity index (χ0n) is 11.4. The Hall–Kier alpha value is -0.490. The van der Waals surface area contributed by atoms with Gasteiger partial charge in [-0.2, -0.15) is 0 Å². The van der Waals surface area contributed by atoms with Gasteiger partial charge in [0.05, 0.1) is 10.5 Å². The number of nitrogens with one attached hydrogen (secondary N) is 1. The van der Waals surface area contributed by atoms with Crippen molar-refractivity contribution in [1.82, 2.24) is 10.3 Å². The highest BCUT2D eigenvalue weighted by Crippen LogP contribution is 2.44. The highest BCUT2D eigenvalue weighted by molar-refractivity contribution is 9.10. The molecule has 5 heteroatoms. The number of hydrazine groups is 1. The summed E-state index contributed by atoms with van der Waals surface area (Å²) in [5.41, 5.74) is 3.37. The normalized spacial score (nSPS) is 19.9. The molecule has 1 unspecified atom stereocenters. The number of nitrogens with two attached hydrogens (primary N) is 1. The van der Waals surface area contributed by atoms with E-state index in [0.29, 0.717) is 10.0 Å². The fourth-order valence-electron chi connectivity index (χ4n) is 3.26. The molecular weight excluding hydrogens is 309 g/mol. The number of halogens is 2. The lowest BCUT2D eigenvalue weighted by Gasteiger charge is -2.43. The number of rotatable bonds is 4. The smallest absolute Gasteiger partial charge is 0.142 e. The summed E-state index contributed by atoms with van der Waals surface area (Å²) in [5, 5.41) is 0. The Kier molecular flexibility index (Phi) is 4.61. The van der Waals surface area contributed by atoms with E-state index in [1.54, 1.807) is 6.07 Å². The van der Waals surface area contributed by atoms with E-state index in [4.69, 9.17) is 5.84 Å². The lowest BCUT2D eigenvalue weighted by Crippen LogP contribution is -2.53. The van der Waals surface area contributed by atoms with Gasteiger partial charge in [-0.1, -0.05) is 25.0 Å². The predicted molar refractivity (Wildman–Crippen MR) is 79.1 cm³/mol. The Bertz CT molecular complexity index is 444. The van der Waals surface area contributed by atoms with Crippen LogP contribution >= 0.6 is 15.9 Å². The third kappa shape index (κ3) is 2.57. The maximum absolute atomic E-state index is 14.4. The molecule has 2 rings (SSSR count). The van der Waals surface area contributed by atoms with Gasteiger partial charge in [-0.3, -0.25) is 11.3 Å². The van der Waals surface area contributed by atoms with Crippen molar-refractivity contribution in [2.24, 2.45) is 5.84 Å². The highest BCUT2D eigenvalue weighted by atomic mass is 79.9. The van der Waals surface area contributed by atoms with E-state index in [1.807, 2.05) is 26.2 Å². The average Bonchev–Trinajstić information content (AvgIpc) is 2.86. The van der Waals surface area contributed by atoms with Crippen molar-refractivity contribution in [3.8, 4) is 0 Å². The van der Waals surface area contributed by atoms with Crippen LogP contribution in [0.3, 0.4) is 0 Å². The van der Waals surface area contributed by atoms with Crippen LogP contribution < -0.4 is 11.3 Å². The van der Waals surface area contributed by atoms with E-state index in [2.05, 4.69) is 26.3 Å². The van der Waals surface area contributed by atoms with Gasteiger partial charge in [-0.25, -0.2) is 4.39 Å². The van der Waals surface area contributed by atoms with E-state index in [0.717, 1.165) is 25.7 Å². The topological polar surface area (TPSA) is 41.3 Å². The molecule has 1 atom stereocenters. The number of likely N-dealkylation sites (N-methyl/N-ethyl adjacent to an activating group) is 1. The second kappa shape index (κ2) is 5.87. The van der Waals surface area contributed by atoms with Gasteiger partial charge in [0.15, 0.2) is 0 Å².